The summed E-state index contributed by atoms with van der Waals surface area (Å²) in [4.78, 5) is 0. The van der Waals surface area contributed by atoms with Crippen LogP contribution in [0.3, 0.4) is 0 Å². The van der Waals surface area contributed by atoms with Crippen LogP contribution in [0.15, 0.2) is 55.1 Å². The summed E-state index contributed by atoms with van der Waals surface area (Å²) in [6.07, 6.45) is 5.70. The molecule has 190 valence electrons. The Morgan fingerprint density at radius 3 is 2.17 bits per heavy atom. The van der Waals surface area contributed by atoms with Gasteiger partial charge in [0.15, 0.2) is 23.3 Å². The molecular formula is C30H29F5O. The minimum Gasteiger partial charge on any atom is -0.373 e. The van der Waals surface area contributed by atoms with Crippen molar-refractivity contribution < 1.29 is 26.7 Å². The fourth-order valence-electron chi connectivity index (χ4n) is 4.82. The van der Waals surface area contributed by atoms with Crippen molar-refractivity contribution in [3.8, 4) is 22.3 Å². The summed E-state index contributed by atoms with van der Waals surface area (Å²) in [7, 11) is 0. The second-order valence-corrected chi connectivity index (χ2v) is 9.31. The number of aryl methyl sites for hydroxylation is 1. The molecule has 1 saturated heterocycles. The lowest BCUT2D eigenvalue weighted by atomic mass is 9.90. The predicted molar refractivity (Wildman–Crippen MR) is 132 cm³/mol. The van der Waals surface area contributed by atoms with Crippen molar-refractivity contribution in [2.24, 2.45) is 5.92 Å². The van der Waals surface area contributed by atoms with Gasteiger partial charge in [-0.1, -0.05) is 55.8 Å². The fraction of sp³-hybridized carbons (Fsp3) is 0.333. The molecule has 0 aliphatic carbocycles. The van der Waals surface area contributed by atoms with Gasteiger partial charge in [-0.25, -0.2) is 22.0 Å². The maximum Gasteiger partial charge on any atom is 0.167 e. The lowest BCUT2D eigenvalue weighted by Crippen LogP contribution is -2.21. The third kappa shape index (κ3) is 5.24. The van der Waals surface area contributed by atoms with Gasteiger partial charge in [-0.15, -0.1) is 6.58 Å². The summed E-state index contributed by atoms with van der Waals surface area (Å²) >= 11 is 0. The number of allylic oxidation sites excluding steroid dienone is 1. The van der Waals surface area contributed by atoms with Crippen molar-refractivity contribution >= 4 is 0 Å². The van der Waals surface area contributed by atoms with E-state index >= 15 is 17.6 Å². The van der Waals surface area contributed by atoms with Gasteiger partial charge in [-0.2, -0.15) is 0 Å². The van der Waals surface area contributed by atoms with E-state index in [1.54, 1.807) is 6.07 Å². The highest BCUT2D eigenvalue weighted by molar-refractivity contribution is 5.72. The smallest absolute Gasteiger partial charge is 0.167 e. The van der Waals surface area contributed by atoms with Crippen LogP contribution in [-0.2, 0) is 11.2 Å². The molecule has 1 aliphatic heterocycles. The van der Waals surface area contributed by atoms with Crippen molar-refractivity contribution in [3.63, 3.8) is 0 Å². The van der Waals surface area contributed by atoms with E-state index in [9.17, 15) is 4.39 Å². The standard InChI is InChI=1S/C30H29F5O/c1-3-5-7-18-8-15-26(36-17-18)24-14-13-23(29(34)30(24)35)22-12-11-21(27(32)28(22)33)20-10-9-19(6-4-2)25(31)16-20/h3,9-14,16,18,26H,1,4-8,15,17H2,2H3. The first-order valence-electron chi connectivity index (χ1n) is 12.3. The van der Waals surface area contributed by atoms with E-state index in [1.165, 1.54) is 30.3 Å². The molecule has 1 nitrogen and oxygen atoms in total. The molecule has 0 spiro atoms. The molecule has 36 heavy (non-hydrogen) atoms. The maximum atomic E-state index is 15.1. The van der Waals surface area contributed by atoms with Crippen LogP contribution < -0.4 is 0 Å². The lowest BCUT2D eigenvalue weighted by Gasteiger charge is -2.29. The van der Waals surface area contributed by atoms with E-state index in [1.807, 2.05) is 13.0 Å². The Morgan fingerprint density at radius 2 is 1.53 bits per heavy atom. The molecule has 3 aromatic rings. The number of ether oxygens (including phenoxy) is 1. The quantitative estimate of drug-likeness (QED) is 0.221. The van der Waals surface area contributed by atoms with E-state index in [-0.39, 0.29) is 22.3 Å². The highest BCUT2D eigenvalue weighted by Gasteiger charge is 2.28. The molecule has 4 rings (SSSR count). The number of hydrogen-bond acceptors (Lipinski definition) is 1. The summed E-state index contributed by atoms with van der Waals surface area (Å²) in [5.74, 6) is -5.11. The first-order chi connectivity index (χ1) is 17.3. The molecule has 0 saturated carbocycles. The Bertz CT molecular complexity index is 1240. The van der Waals surface area contributed by atoms with E-state index in [4.69, 9.17) is 4.74 Å². The van der Waals surface area contributed by atoms with Crippen LogP contribution in [0.2, 0.25) is 0 Å². The second kappa shape index (κ2) is 11.4. The molecule has 1 fully saturated rings. The van der Waals surface area contributed by atoms with Gasteiger partial charge in [0.1, 0.15) is 5.82 Å². The summed E-state index contributed by atoms with van der Waals surface area (Å²) in [6.45, 7) is 6.07. The molecule has 6 heteroatoms. The normalized spacial score (nSPS) is 17.8. The molecule has 1 heterocycles. The number of halogens is 5. The maximum absolute atomic E-state index is 15.1. The summed E-state index contributed by atoms with van der Waals surface area (Å²) < 4.78 is 80.3. The van der Waals surface area contributed by atoms with E-state index in [0.717, 1.165) is 31.7 Å². The number of hydrogen-bond donors (Lipinski definition) is 0. The zero-order chi connectivity index (χ0) is 25.8. The second-order valence-electron chi connectivity index (χ2n) is 9.31. The van der Waals surface area contributed by atoms with Gasteiger partial charge in [0.05, 0.1) is 12.7 Å². The van der Waals surface area contributed by atoms with E-state index < -0.39 is 40.8 Å². The Hall–Kier alpha value is -2.99. The molecule has 0 bridgehead atoms. The van der Waals surface area contributed by atoms with Gasteiger partial charge in [0, 0.05) is 22.3 Å². The van der Waals surface area contributed by atoms with Crippen LogP contribution in [0.4, 0.5) is 22.0 Å². The van der Waals surface area contributed by atoms with Crippen molar-refractivity contribution in [1.82, 2.24) is 0 Å². The zero-order valence-electron chi connectivity index (χ0n) is 20.2. The predicted octanol–water partition coefficient (Wildman–Crippen LogP) is 9.10. The summed E-state index contributed by atoms with van der Waals surface area (Å²) in [5.41, 5.74) is -0.223. The Morgan fingerprint density at radius 1 is 0.861 bits per heavy atom. The molecule has 0 amide bonds. The Kier molecular flexibility index (Phi) is 8.24. The Balaban J connectivity index is 1.60. The molecule has 0 N–H and O–H groups in total. The Labute approximate surface area is 208 Å². The number of rotatable bonds is 8. The average molecular weight is 501 g/mol. The van der Waals surface area contributed by atoms with Crippen LogP contribution in [0.25, 0.3) is 22.3 Å². The topological polar surface area (TPSA) is 9.23 Å². The minimum atomic E-state index is -1.32. The van der Waals surface area contributed by atoms with Crippen molar-refractivity contribution in [2.45, 2.75) is 51.6 Å². The summed E-state index contributed by atoms with van der Waals surface area (Å²) in [5, 5.41) is 0. The summed E-state index contributed by atoms with van der Waals surface area (Å²) in [6, 6.07) is 9.28. The molecule has 0 radical (unpaired) electrons. The molecule has 2 atom stereocenters. The fourth-order valence-corrected chi connectivity index (χ4v) is 4.82. The monoisotopic (exact) mass is 500 g/mol. The van der Waals surface area contributed by atoms with Gasteiger partial charge in [-0.3, -0.25) is 0 Å². The van der Waals surface area contributed by atoms with Crippen LogP contribution >= 0.6 is 0 Å². The van der Waals surface area contributed by atoms with Crippen molar-refractivity contribution in [2.75, 3.05) is 6.61 Å². The molecule has 0 aromatic heterocycles. The SMILES string of the molecule is C=CCCC1CCC(c2ccc(-c3ccc(-c4ccc(CCC)c(F)c4)c(F)c3F)c(F)c2F)OC1. The first-order valence-corrected chi connectivity index (χ1v) is 12.3. The molecular weight excluding hydrogens is 471 g/mol. The third-order valence-electron chi connectivity index (χ3n) is 6.86. The van der Waals surface area contributed by atoms with Gasteiger partial charge in [-0.05, 0) is 55.2 Å². The molecule has 2 unspecified atom stereocenters. The first kappa shape index (κ1) is 26.1. The van der Waals surface area contributed by atoms with E-state index in [0.29, 0.717) is 30.9 Å². The average Bonchev–Trinajstić information content (AvgIpc) is 2.88. The molecule has 1 aliphatic rings. The third-order valence-corrected chi connectivity index (χ3v) is 6.86. The largest absolute Gasteiger partial charge is 0.373 e. The van der Waals surface area contributed by atoms with Gasteiger partial charge >= 0.3 is 0 Å². The van der Waals surface area contributed by atoms with Crippen LogP contribution in [-0.4, -0.2) is 6.61 Å². The van der Waals surface area contributed by atoms with Crippen LogP contribution in [0.1, 0.15) is 56.3 Å². The number of benzene rings is 3. The van der Waals surface area contributed by atoms with Crippen molar-refractivity contribution in [1.29, 1.82) is 0 Å². The van der Waals surface area contributed by atoms with Gasteiger partial charge in [0.25, 0.3) is 0 Å². The van der Waals surface area contributed by atoms with E-state index in [2.05, 4.69) is 6.58 Å². The van der Waals surface area contributed by atoms with Crippen LogP contribution in [0.5, 0.6) is 0 Å². The minimum absolute atomic E-state index is 0.0681. The zero-order valence-corrected chi connectivity index (χ0v) is 20.2. The van der Waals surface area contributed by atoms with Crippen molar-refractivity contribution in [3.05, 3.63) is 95.3 Å². The lowest BCUT2D eigenvalue weighted by molar-refractivity contribution is -0.0210. The highest BCUT2D eigenvalue weighted by Crippen LogP contribution is 2.38. The van der Waals surface area contributed by atoms with Gasteiger partial charge < -0.3 is 4.74 Å². The van der Waals surface area contributed by atoms with Gasteiger partial charge in [0.2, 0.25) is 0 Å². The highest BCUT2D eigenvalue weighted by atomic mass is 19.2. The molecule has 3 aromatic carbocycles. The van der Waals surface area contributed by atoms with Crippen LogP contribution in [0, 0.1) is 35.0 Å².